The first-order valence-corrected chi connectivity index (χ1v) is 3.15. The summed E-state index contributed by atoms with van der Waals surface area (Å²) in [7, 11) is 0. The Hall–Kier alpha value is -1.23. The molecule has 10 heavy (non-hydrogen) atoms. The Labute approximate surface area is 61.5 Å². The summed E-state index contributed by atoms with van der Waals surface area (Å²) in [6.07, 6.45) is 3.29. The van der Waals surface area contributed by atoms with E-state index in [0.717, 1.165) is 5.52 Å². The van der Waals surface area contributed by atoms with Crippen molar-refractivity contribution in [3.63, 3.8) is 0 Å². The highest BCUT2D eigenvalue weighted by molar-refractivity contribution is 7.71. The average molecular weight is 152 g/mol. The highest BCUT2D eigenvalue weighted by Gasteiger charge is 1.89. The zero-order chi connectivity index (χ0) is 6.97. The zero-order valence-corrected chi connectivity index (χ0v) is 5.80. The van der Waals surface area contributed by atoms with Gasteiger partial charge in [-0.2, -0.15) is 5.10 Å². The Bertz CT molecular complexity index is 401. The molecule has 0 saturated heterocycles. The molecule has 0 aliphatic rings. The molecular formula is C5H4N4S. The van der Waals surface area contributed by atoms with Gasteiger partial charge in [0.05, 0.1) is 11.7 Å². The van der Waals surface area contributed by atoms with E-state index in [1.807, 2.05) is 0 Å². The summed E-state index contributed by atoms with van der Waals surface area (Å²) in [5.74, 6) is 0. The van der Waals surface area contributed by atoms with E-state index < -0.39 is 0 Å². The molecule has 2 aromatic heterocycles. The average Bonchev–Trinajstić information content (AvgIpc) is 2.33. The van der Waals surface area contributed by atoms with Crippen molar-refractivity contribution in [2.45, 2.75) is 0 Å². The van der Waals surface area contributed by atoms with E-state index in [0.29, 0.717) is 4.64 Å². The number of aromatic amines is 1. The standard InChI is InChI=1S/C5H4N4S/c10-5-1-4-2-7-8-9(4)3-6-5/h1-3,8H. The summed E-state index contributed by atoms with van der Waals surface area (Å²) in [6.45, 7) is 0. The van der Waals surface area contributed by atoms with Gasteiger partial charge >= 0.3 is 0 Å². The lowest BCUT2D eigenvalue weighted by Crippen LogP contribution is -1.87. The van der Waals surface area contributed by atoms with Crippen LogP contribution in [0.25, 0.3) is 5.52 Å². The molecule has 5 heteroatoms. The van der Waals surface area contributed by atoms with Crippen molar-refractivity contribution >= 4 is 17.7 Å². The summed E-state index contributed by atoms with van der Waals surface area (Å²) in [5, 5.41) is 6.50. The summed E-state index contributed by atoms with van der Waals surface area (Å²) in [5.41, 5.74) is 0.931. The Balaban J connectivity index is 2.99. The Morgan fingerprint density at radius 2 is 2.50 bits per heavy atom. The molecule has 0 aliphatic heterocycles. The van der Waals surface area contributed by atoms with Crippen LogP contribution in [-0.2, 0) is 0 Å². The summed E-state index contributed by atoms with van der Waals surface area (Å²) in [4.78, 5) is 3.89. The molecule has 1 N–H and O–H groups in total. The Kier molecular flexibility index (Phi) is 1.04. The topological polar surface area (TPSA) is 46.0 Å². The van der Waals surface area contributed by atoms with Gasteiger partial charge in [-0.25, -0.2) is 14.7 Å². The zero-order valence-electron chi connectivity index (χ0n) is 4.98. The maximum absolute atomic E-state index is 4.84. The van der Waals surface area contributed by atoms with Crippen molar-refractivity contribution in [3.05, 3.63) is 23.2 Å². The molecule has 2 rings (SSSR count). The van der Waals surface area contributed by atoms with Crippen molar-refractivity contribution in [3.8, 4) is 0 Å². The van der Waals surface area contributed by atoms with E-state index in [2.05, 4.69) is 15.3 Å². The minimum absolute atomic E-state index is 0.585. The van der Waals surface area contributed by atoms with Crippen molar-refractivity contribution in [2.24, 2.45) is 0 Å². The molecular weight excluding hydrogens is 148 g/mol. The third-order valence-electron chi connectivity index (χ3n) is 1.21. The van der Waals surface area contributed by atoms with Crippen LogP contribution in [0, 0.1) is 4.64 Å². The Morgan fingerprint density at radius 1 is 1.60 bits per heavy atom. The van der Waals surface area contributed by atoms with Gasteiger partial charge in [-0.3, -0.25) is 0 Å². The van der Waals surface area contributed by atoms with E-state index in [9.17, 15) is 0 Å². The number of H-pyrrole nitrogens is 1. The summed E-state index contributed by atoms with van der Waals surface area (Å²) in [6, 6.07) is 1.78. The SMILES string of the molecule is S=c1cc2cn[nH]n2cn1. The van der Waals surface area contributed by atoms with Crippen LogP contribution >= 0.6 is 12.2 Å². The van der Waals surface area contributed by atoms with Crippen LogP contribution < -0.4 is 0 Å². The van der Waals surface area contributed by atoms with E-state index in [-0.39, 0.29) is 0 Å². The molecule has 0 unspecified atom stereocenters. The molecule has 50 valence electrons. The minimum Gasteiger partial charge on any atom is -0.227 e. The second-order valence-corrected chi connectivity index (χ2v) is 2.30. The number of fused-ring (bicyclic) bond motifs is 1. The molecule has 0 aromatic carbocycles. The first kappa shape index (κ1) is 5.55. The number of nitrogens with zero attached hydrogens (tertiary/aromatic N) is 3. The predicted octanol–water partition coefficient (Wildman–Crippen LogP) is 0.787. The predicted molar refractivity (Wildman–Crippen MR) is 38.2 cm³/mol. The first-order chi connectivity index (χ1) is 4.86. The highest BCUT2D eigenvalue weighted by Crippen LogP contribution is 1.95. The van der Waals surface area contributed by atoms with Gasteiger partial charge < -0.3 is 0 Å². The fourth-order valence-corrected chi connectivity index (χ4v) is 0.923. The van der Waals surface area contributed by atoms with Gasteiger partial charge in [0.2, 0.25) is 0 Å². The quantitative estimate of drug-likeness (QED) is 0.567. The smallest absolute Gasteiger partial charge is 0.130 e. The molecule has 0 aliphatic carbocycles. The normalized spacial score (nSPS) is 10.4. The number of nitrogens with one attached hydrogen (secondary N) is 1. The van der Waals surface area contributed by atoms with Gasteiger partial charge in [0, 0.05) is 6.07 Å². The largest absolute Gasteiger partial charge is 0.227 e. The lowest BCUT2D eigenvalue weighted by Gasteiger charge is -1.86. The van der Waals surface area contributed by atoms with Crippen molar-refractivity contribution in [1.29, 1.82) is 0 Å². The van der Waals surface area contributed by atoms with E-state index in [4.69, 9.17) is 12.2 Å². The van der Waals surface area contributed by atoms with Crippen molar-refractivity contribution in [2.75, 3.05) is 0 Å². The Morgan fingerprint density at radius 3 is 3.40 bits per heavy atom. The van der Waals surface area contributed by atoms with Crippen LogP contribution in [0.4, 0.5) is 0 Å². The van der Waals surface area contributed by atoms with Crippen molar-refractivity contribution < 1.29 is 0 Å². The fraction of sp³-hybridized carbons (Fsp3) is 0. The van der Waals surface area contributed by atoms with Gasteiger partial charge in [-0.05, 0) is 0 Å². The van der Waals surface area contributed by atoms with Gasteiger partial charge in [0.25, 0.3) is 0 Å². The third kappa shape index (κ3) is 0.714. The highest BCUT2D eigenvalue weighted by atomic mass is 32.1. The molecule has 0 atom stereocenters. The molecule has 2 heterocycles. The third-order valence-corrected chi connectivity index (χ3v) is 1.44. The van der Waals surface area contributed by atoms with Crippen LogP contribution in [0.5, 0.6) is 0 Å². The fourth-order valence-electron chi connectivity index (χ4n) is 0.755. The van der Waals surface area contributed by atoms with Crippen LogP contribution in [0.2, 0.25) is 0 Å². The number of hydrogen-bond acceptors (Lipinski definition) is 3. The molecule has 2 aromatic rings. The van der Waals surface area contributed by atoms with Crippen molar-refractivity contribution in [1.82, 2.24) is 19.8 Å². The second-order valence-electron chi connectivity index (χ2n) is 1.88. The summed E-state index contributed by atoms with van der Waals surface area (Å²) >= 11 is 4.84. The number of aromatic nitrogens is 4. The van der Waals surface area contributed by atoms with Gasteiger partial charge in [0.1, 0.15) is 11.0 Å². The van der Waals surface area contributed by atoms with Gasteiger partial charge in [-0.15, -0.1) is 0 Å². The van der Waals surface area contributed by atoms with E-state index in [1.54, 1.807) is 23.1 Å². The molecule has 0 radical (unpaired) electrons. The molecule has 0 fully saturated rings. The van der Waals surface area contributed by atoms with Crippen LogP contribution in [-0.4, -0.2) is 19.8 Å². The van der Waals surface area contributed by atoms with Crippen LogP contribution in [0.3, 0.4) is 0 Å². The molecule has 4 nitrogen and oxygen atoms in total. The lowest BCUT2D eigenvalue weighted by molar-refractivity contribution is 0.833. The lowest BCUT2D eigenvalue weighted by atomic mass is 10.5. The maximum Gasteiger partial charge on any atom is 0.130 e. The molecule has 0 bridgehead atoms. The van der Waals surface area contributed by atoms with Gasteiger partial charge in [0.15, 0.2) is 0 Å². The maximum atomic E-state index is 4.84. The number of rotatable bonds is 0. The molecule has 0 spiro atoms. The molecule has 0 saturated carbocycles. The molecule has 0 amide bonds. The monoisotopic (exact) mass is 152 g/mol. The van der Waals surface area contributed by atoms with Crippen LogP contribution in [0.15, 0.2) is 18.6 Å². The van der Waals surface area contributed by atoms with E-state index in [1.165, 1.54) is 0 Å². The minimum atomic E-state index is 0.585. The van der Waals surface area contributed by atoms with Gasteiger partial charge in [-0.1, -0.05) is 12.2 Å². The first-order valence-electron chi connectivity index (χ1n) is 2.74. The van der Waals surface area contributed by atoms with Crippen LogP contribution in [0.1, 0.15) is 0 Å². The number of hydrogen-bond donors (Lipinski definition) is 1. The second kappa shape index (κ2) is 1.88. The summed E-state index contributed by atoms with van der Waals surface area (Å²) < 4.78 is 2.27. The van der Waals surface area contributed by atoms with E-state index >= 15 is 0 Å².